The van der Waals surface area contributed by atoms with Gasteiger partial charge >= 0.3 is 0 Å². The SMILES string of the molecule is CC#CC1(F)[C@@H](O)[C@@H]([C@H](C)O)O[C@H]1n1cc(F)c2c(=O)[nH]c(N)nc21. The van der Waals surface area contributed by atoms with E-state index in [0.29, 0.717) is 0 Å². The molecule has 1 unspecified atom stereocenters. The van der Waals surface area contributed by atoms with Crippen molar-refractivity contribution in [3.63, 3.8) is 0 Å². The van der Waals surface area contributed by atoms with Crippen molar-refractivity contribution in [2.24, 2.45) is 0 Å². The number of halogens is 2. The molecular formula is C15H16F2N4O4. The first-order chi connectivity index (χ1) is 11.7. The Morgan fingerprint density at radius 1 is 1.60 bits per heavy atom. The van der Waals surface area contributed by atoms with E-state index in [-0.39, 0.29) is 11.6 Å². The van der Waals surface area contributed by atoms with Crippen molar-refractivity contribution in [3.05, 3.63) is 22.4 Å². The second-order valence-electron chi connectivity index (χ2n) is 5.82. The van der Waals surface area contributed by atoms with Crippen molar-refractivity contribution in [2.45, 2.75) is 44.1 Å². The summed E-state index contributed by atoms with van der Waals surface area (Å²) in [5, 5.41) is 19.5. The molecule has 0 spiro atoms. The molecule has 5 atom stereocenters. The highest BCUT2D eigenvalue weighted by atomic mass is 19.1. The number of nitrogens with two attached hydrogens (primary N) is 1. The Bertz CT molecular complexity index is 945. The smallest absolute Gasteiger partial charge is 0.264 e. The summed E-state index contributed by atoms with van der Waals surface area (Å²) in [7, 11) is 0. The summed E-state index contributed by atoms with van der Waals surface area (Å²) in [6, 6.07) is 0. The highest BCUT2D eigenvalue weighted by molar-refractivity contribution is 5.77. The van der Waals surface area contributed by atoms with Crippen LogP contribution in [0.1, 0.15) is 20.1 Å². The van der Waals surface area contributed by atoms with Crippen LogP contribution < -0.4 is 11.3 Å². The van der Waals surface area contributed by atoms with Crippen LogP contribution in [0.25, 0.3) is 11.0 Å². The number of rotatable bonds is 2. The Balaban J connectivity index is 2.25. The van der Waals surface area contributed by atoms with Gasteiger partial charge in [0.2, 0.25) is 11.6 Å². The van der Waals surface area contributed by atoms with Crippen LogP contribution >= 0.6 is 0 Å². The van der Waals surface area contributed by atoms with Gasteiger partial charge in [-0.05, 0) is 13.8 Å². The second-order valence-corrected chi connectivity index (χ2v) is 5.82. The van der Waals surface area contributed by atoms with Crippen LogP contribution in [-0.4, -0.2) is 48.7 Å². The number of ether oxygens (including phenoxy) is 1. The molecule has 8 nitrogen and oxygen atoms in total. The minimum absolute atomic E-state index is 0.262. The third kappa shape index (κ3) is 2.48. The number of aromatic nitrogens is 3. The van der Waals surface area contributed by atoms with E-state index < -0.39 is 47.0 Å². The van der Waals surface area contributed by atoms with Gasteiger partial charge in [0.25, 0.3) is 5.56 Å². The van der Waals surface area contributed by atoms with Gasteiger partial charge in [-0.3, -0.25) is 14.3 Å². The number of fused-ring (bicyclic) bond motifs is 1. The van der Waals surface area contributed by atoms with E-state index in [1.807, 2.05) is 0 Å². The van der Waals surface area contributed by atoms with Crippen LogP contribution in [-0.2, 0) is 4.74 Å². The topological polar surface area (TPSA) is 126 Å². The second kappa shape index (κ2) is 5.80. The fourth-order valence-corrected chi connectivity index (χ4v) is 2.99. The molecule has 0 radical (unpaired) electrons. The molecule has 0 bridgehead atoms. The van der Waals surface area contributed by atoms with Crippen molar-refractivity contribution in [1.29, 1.82) is 0 Å². The molecule has 0 aliphatic carbocycles. The molecule has 0 saturated carbocycles. The van der Waals surface area contributed by atoms with Crippen molar-refractivity contribution in [1.82, 2.24) is 14.5 Å². The molecule has 5 N–H and O–H groups in total. The minimum atomic E-state index is -2.66. The predicted octanol–water partition coefficient (Wildman–Crippen LogP) is -0.183. The summed E-state index contributed by atoms with van der Waals surface area (Å²) in [6.45, 7) is 2.67. The van der Waals surface area contributed by atoms with Crippen molar-refractivity contribution < 1.29 is 23.7 Å². The van der Waals surface area contributed by atoms with Crippen LogP contribution in [0.4, 0.5) is 14.7 Å². The lowest BCUT2D eigenvalue weighted by Gasteiger charge is -2.24. The summed E-state index contributed by atoms with van der Waals surface area (Å²) in [5.74, 6) is 3.31. The number of anilines is 1. The van der Waals surface area contributed by atoms with E-state index in [2.05, 4.69) is 21.8 Å². The largest absolute Gasteiger partial charge is 0.391 e. The first-order valence-electron chi connectivity index (χ1n) is 7.41. The molecular weight excluding hydrogens is 338 g/mol. The van der Waals surface area contributed by atoms with Crippen LogP contribution in [0.15, 0.2) is 11.0 Å². The summed E-state index contributed by atoms with van der Waals surface area (Å²) < 4.78 is 36.0. The van der Waals surface area contributed by atoms with Crippen molar-refractivity contribution in [3.8, 4) is 11.8 Å². The van der Waals surface area contributed by atoms with Crippen LogP contribution in [0.3, 0.4) is 0 Å². The Hall–Kier alpha value is -2.48. The molecule has 1 fully saturated rings. The van der Waals surface area contributed by atoms with Gasteiger partial charge in [-0.15, -0.1) is 5.92 Å². The molecule has 10 heteroatoms. The Morgan fingerprint density at radius 3 is 2.88 bits per heavy atom. The summed E-state index contributed by atoms with van der Waals surface area (Å²) in [4.78, 5) is 17.9. The third-order valence-electron chi connectivity index (χ3n) is 4.09. The van der Waals surface area contributed by atoms with Crippen LogP contribution in [0.5, 0.6) is 0 Å². The number of nitrogen functional groups attached to an aromatic ring is 1. The first kappa shape index (κ1) is 17.3. The number of hydrogen-bond donors (Lipinski definition) is 4. The van der Waals surface area contributed by atoms with Crippen LogP contribution in [0, 0.1) is 17.7 Å². The number of H-pyrrole nitrogens is 1. The van der Waals surface area contributed by atoms with Gasteiger partial charge in [-0.2, -0.15) is 4.98 Å². The zero-order valence-electron chi connectivity index (χ0n) is 13.3. The van der Waals surface area contributed by atoms with Crippen LogP contribution in [0.2, 0.25) is 0 Å². The number of aliphatic hydroxyl groups excluding tert-OH is 2. The Kier molecular flexibility index (Phi) is 4.03. The standard InChI is InChI=1S/C15H16F2N4O4/c1-3-4-15(17)10(23)9(6(2)22)25-13(15)21-5-7(16)8-11(21)19-14(18)20-12(8)24/h5-6,9-10,13,22-23H,1-2H3,(H3,18,19,20,24)/t6-,9+,10-,13+,15?/m0/s1. The fourth-order valence-electron chi connectivity index (χ4n) is 2.99. The van der Waals surface area contributed by atoms with Gasteiger partial charge in [-0.1, -0.05) is 5.92 Å². The predicted molar refractivity (Wildman–Crippen MR) is 83.6 cm³/mol. The number of aliphatic hydroxyl groups is 2. The minimum Gasteiger partial charge on any atom is -0.391 e. The van der Waals surface area contributed by atoms with Gasteiger partial charge in [0, 0.05) is 6.20 Å². The lowest BCUT2D eigenvalue weighted by atomic mass is 9.94. The lowest BCUT2D eigenvalue weighted by molar-refractivity contribution is -0.0776. The maximum absolute atomic E-state index is 15.5. The van der Waals surface area contributed by atoms with E-state index in [1.54, 1.807) is 0 Å². The number of hydrogen-bond acceptors (Lipinski definition) is 6. The molecule has 0 amide bonds. The molecule has 0 aromatic carbocycles. The van der Waals surface area contributed by atoms with Gasteiger partial charge in [-0.25, -0.2) is 8.78 Å². The maximum Gasteiger partial charge on any atom is 0.264 e. The van der Waals surface area contributed by atoms with E-state index in [4.69, 9.17) is 10.5 Å². The van der Waals surface area contributed by atoms with Crippen molar-refractivity contribution in [2.75, 3.05) is 5.73 Å². The Morgan fingerprint density at radius 2 is 2.28 bits per heavy atom. The summed E-state index contributed by atoms with van der Waals surface area (Å²) in [5.41, 5.74) is 1.72. The number of aromatic amines is 1. The zero-order chi connectivity index (χ0) is 18.5. The third-order valence-corrected chi connectivity index (χ3v) is 4.09. The Labute approximate surface area is 140 Å². The number of nitrogens with zero attached hydrogens (tertiary/aromatic N) is 2. The lowest BCUT2D eigenvalue weighted by Crippen LogP contribution is -2.44. The van der Waals surface area contributed by atoms with Gasteiger partial charge in [0.1, 0.15) is 17.6 Å². The van der Waals surface area contributed by atoms with Gasteiger partial charge < -0.3 is 20.7 Å². The first-order valence-corrected chi connectivity index (χ1v) is 7.41. The molecule has 1 saturated heterocycles. The highest BCUT2D eigenvalue weighted by Crippen LogP contribution is 2.43. The molecule has 134 valence electrons. The molecule has 25 heavy (non-hydrogen) atoms. The van der Waals surface area contributed by atoms with E-state index in [1.165, 1.54) is 13.8 Å². The quantitative estimate of drug-likeness (QED) is 0.554. The summed E-state index contributed by atoms with van der Waals surface area (Å²) in [6.07, 6.45) is -5.16. The molecule has 1 aliphatic heterocycles. The fraction of sp³-hybridized carbons (Fsp3) is 0.467. The highest BCUT2D eigenvalue weighted by Gasteiger charge is 2.59. The maximum atomic E-state index is 15.5. The molecule has 1 aliphatic rings. The summed E-state index contributed by atoms with van der Waals surface area (Å²) >= 11 is 0. The van der Waals surface area contributed by atoms with Crippen molar-refractivity contribution >= 4 is 17.0 Å². The van der Waals surface area contributed by atoms with Gasteiger partial charge in [0.05, 0.1) is 6.10 Å². The average molecular weight is 354 g/mol. The van der Waals surface area contributed by atoms with Gasteiger partial charge in [0.15, 0.2) is 17.7 Å². The normalized spacial score (nSPS) is 30.2. The van der Waals surface area contributed by atoms with E-state index >= 15 is 4.39 Å². The number of alkyl halides is 1. The molecule has 3 heterocycles. The average Bonchev–Trinajstić information content (AvgIpc) is 2.96. The number of nitrogens with one attached hydrogen (secondary N) is 1. The molecule has 2 aromatic heterocycles. The molecule has 3 rings (SSSR count). The molecule has 2 aromatic rings. The monoisotopic (exact) mass is 354 g/mol. The van der Waals surface area contributed by atoms with E-state index in [0.717, 1.165) is 10.8 Å². The zero-order valence-corrected chi connectivity index (χ0v) is 13.3. The van der Waals surface area contributed by atoms with E-state index in [9.17, 15) is 19.4 Å².